The lowest BCUT2D eigenvalue weighted by Gasteiger charge is -1.98. The molecule has 0 saturated carbocycles. The molecule has 2 aromatic heterocycles. The van der Waals surface area contributed by atoms with Gasteiger partial charge < -0.3 is 4.57 Å². The molecule has 3 aromatic rings. The van der Waals surface area contributed by atoms with E-state index in [0.717, 1.165) is 33.7 Å². The summed E-state index contributed by atoms with van der Waals surface area (Å²) in [5.74, 6) is 0. The fourth-order valence-corrected chi connectivity index (χ4v) is 2.82. The van der Waals surface area contributed by atoms with Crippen LogP contribution in [0.3, 0.4) is 0 Å². The second-order valence-electron chi connectivity index (χ2n) is 4.34. The molecule has 0 aliphatic rings. The van der Waals surface area contributed by atoms with Crippen LogP contribution in [0.1, 0.15) is 11.4 Å². The smallest absolute Gasteiger partial charge is 0.0955 e. The topological polar surface area (TPSA) is 54.5 Å². The van der Waals surface area contributed by atoms with Gasteiger partial charge in [-0.05, 0) is 12.1 Å². The highest BCUT2D eigenvalue weighted by Gasteiger charge is 2.07. The number of thiazole rings is 1. The van der Waals surface area contributed by atoms with E-state index in [-0.39, 0.29) is 0 Å². The maximum atomic E-state index is 8.59. The van der Waals surface area contributed by atoms with Gasteiger partial charge in [0, 0.05) is 30.8 Å². The van der Waals surface area contributed by atoms with E-state index in [1.807, 2.05) is 23.3 Å². The SMILES string of the molecule is Cn1cnc2cc(-c3csc(CCC#N)n3)ccc21. The van der Waals surface area contributed by atoms with Crippen molar-refractivity contribution in [2.75, 3.05) is 0 Å². The fraction of sp³-hybridized carbons (Fsp3) is 0.214. The molecule has 0 aliphatic carbocycles. The third-order valence-electron chi connectivity index (χ3n) is 3.02. The minimum atomic E-state index is 0.520. The molecule has 4 nitrogen and oxygen atoms in total. The highest BCUT2D eigenvalue weighted by Crippen LogP contribution is 2.25. The second-order valence-corrected chi connectivity index (χ2v) is 5.29. The molecule has 94 valence electrons. The Bertz CT molecular complexity index is 763. The Labute approximate surface area is 115 Å². The van der Waals surface area contributed by atoms with Crippen molar-refractivity contribution in [3.63, 3.8) is 0 Å². The molecule has 0 amide bonds. The van der Waals surface area contributed by atoms with Crippen molar-refractivity contribution in [3.05, 3.63) is 34.9 Å². The van der Waals surface area contributed by atoms with Crippen LogP contribution in [-0.2, 0) is 13.5 Å². The van der Waals surface area contributed by atoms with Gasteiger partial charge in [-0.1, -0.05) is 6.07 Å². The molecule has 0 radical (unpaired) electrons. The van der Waals surface area contributed by atoms with E-state index in [1.54, 1.807) is 11.3 Å². The number of aromatic nitrogens is 3. The van der Waals surface area contributed by atoms with Crippen LogP contribution >= 0.6 is 11.3 Å². The minimum Gasteiger partial charge on any atom is -0.334 e. The zero-order valence-corrected chi connectivity index (χ0v) is 11.3. The average Bonchev–Trinajstić information content (AvgIpc) is 3.04. The molecule has 0 unspecified atom stereocenters. The summed E-state index contributed by atoms with van der Waals surface area (Å²) in [7, 11) is 1.98. The monoisotopic (exact) mass is 268 g/mol. The zero-order valence-electron chi connectivity index (χ0n) is 10.5. The fourth-order valence-electron chi connectivity index (χ4n) is 2.02. The predicted octanol–water partition coefficient (Wildman–Crippen LogP) is 3.15. The van der Waals surface area contributed by atoms with Crippen LogP contribution < -0.4 is 0 Å². The van der Waals surface area contributed by atoms with Crippen LogP contribution in [0.25, 0.3) is 22.3 Å². The van der Waals surface area contributed by atoms with E-state index in [1.165, 1.54) is 0 Å². The molecule has 19 heavy (non-hydrogen) atoms. The van der Waals surface area contributed by atoms with Gasteiger partial charge in [0.1, 0.15) is 0 Å². The van der Waals surface area contributed by atoms with Gasteiger partial charge in [0.05, 0.1) is 34.1 Å². The summed E-state index contributed by atoms with van der Waals surface area (Å²) in [6.07, 6.45) is 3.06. The van der Waals surface area contributed by atoms with Gasteiger partial charge >= 0.3 is 0 Å². The summed E-state index contributed by atoms with van der Waals surface area (Å²) < 4.78 is 2.00. The van der Waals surface area contributed by atoms with Crippen molar-refractivity contribution in [3.8, 4) is 17.3 Å². The van der Waals surface area contributed by atoms with Crippen molar-refractivity contribution in [1.82, 2.24) is 14.5 Å². The largest absolute Gasteiger partial charge is 0.334 e. The lowest BCUT2D eigenvalue weighted by Crippen LogP contribution is -1.85. The molecule has 0 saturated heterocycles. The number of hydrogen-bond donors (Lipinski definition) is 0. The Morgan fingerprint density at radius 1 is 1.42 bits per heavy atom. The summed E-state index contributed by atoms with van der Waals surface area (Å²) in [5.41, 5.74) is 4.13. The number of nitrogens with zero attached hydrogens (tertiary/aromatic N) is 4. The van der Waals surface area contributed by atoms with E-state index < -0.39 is 0 Å². The Balaban J connectivity index is 1.95. The highest BCUT2D eigenvalue weighted by atomic mass is 32.1. The number of rotatable bonds is 3. The number of nitriles is 1. The molecule has 0 bridgehead atoms. The van der Waals surface area contributed by atoms with Crippen molar-refractivity contribution < 1.29 is 0 Å². The van der Waals surface area contributed by atoms with Crippen molar-refractivity contribution in [2.45, 2.75) is 12.8 Å². The standard InChI is InChI=1S/C14H12N4S/c1-18-9-16-11-7-10(4-5-13(11)18)12-8-19-14(17-12)3-2-6-15/h4-5,7-9H,2-3H2,1H3. The molecule has 0 fully saturated rings. The average molecular weight is 268 g/mol. The van der Waals surface area contributed by atoms with Crippen LogP contribution in [0.4, 0.5) is 0 Å². The molecular weight excluding hydrogens is 256 g/mol. The Morgan fingerprint density at radius 2 is 2.32 bits per heavy atom. The van der Waals surface area contributed by atoms with E-state index in [9.17, 15) is 0 Å². The van der Waals surface area contributed by atoms with Gasteiger partial charge in [-0.2, -0.15) is 5.26 Å². The normalized spacial score (nSPS) is 10.7. The van der Waals surface area contributed by atoms with Gasteiger partial charge in [-0.3, -0.25) is 0 Å². The van der Waals surface area contributed by atoms with Gasteiger partial charge in [0.25, 0.3) is 0 Å². The summed E-state index contributed by atoms with van der Waals surface area (Å²) >= 11 is 1.61. The predicted molar refractivity (Wildman–Crippen MR) is 75.8 cm³/mol. The van der Waals surface area contributed by atoms with E-state index in [0.29, 0.717) is 6.42 Å². The Kier molecular flexibility index (Phi) is 3.02. The Hall–Kier alpha value is -2.19. The first kappa shape index (κ1) is 11.9. The highest BCUT2D eigenvalue weighted by molar-refractivity contribution is 7.09. The molecule has 0 atom stereocenters. The van der Waals surface area contributed by atoms with Gasteiger partial charge in [0.15, 0.2) is 0 Å². The third-order valence-corrected chi connectivity index (χ3v) is 3.93. The van der Waals surface area contributed by atoms with Crippen LogP contribution in [0.2, 0.25) is 0 Å². The van der Waals surface area contributed by atoms with Gasteiger partial charge in [0.2, 0.25) is 0 Å². The molecule has 5 heteroatoms. The molecule has 0 N–H and O–H groups in total. The zero-order chi connectivity index (χ0) is 13.2. The summed E-state index contributed by atoms with van der Waals surface area (Å²) in [6.45, 7) is 0. The summed E-state index contributed by atoms with van der Waals surface area (Å²) in [4.78, 5) is 8.92. The first-order chi connectivity index (χ1) is 9.28. The van der Waals surface area contributed by atoms with Crippen LogP contribution in [0, 0.1) is 11.3 Å². The second kappa shape index (κ2) is 4.82. The first-order valence-corrected chi connectivity index (χ1v) is 6.88. The lowest BCUT2D eigenvalue weighted by molar-refractivity contribution is 0.948. The molecule has 0 aliphatic heterocycles. The number of aryl methyl sites for hydroxylation is 2. The Morgan fingerprint density at radius 3 is 3.16 bits per heavy atom. The maximum Gasteiger partial charge on any atom is 0.0955 e. The van der Waals surface area contributed by atoms with Crippen molar-refractivity contribution >= 4 is 22.4 Å². The van der Waals surface area contributed by atoms with Crippen LogP contribution in [0.5, 0.6) is 0 Å². The lowest BCUT2D eigenvalue weighted by atomic mass is 10.1. The van der Waals surface area contributed by atoms with E-state index in [4.69, 9.17) is 5.26 Å². The molecule has 0 spiro atoms. The number of fused-ring (bicyclic) bond motifs is 1. The summed E-state index contributed by atoms with van der Waals surface area (Å²) in [5, 5.41) is 11.6. The molecular formula is C14H12N4S. The van der Waals surface area contributed by atoms with Crippen LogP contribution in [0.15, 0.2) is 29.9 Å². The minimum absolute atomic E-state index is 0.520. The first-order valence-electron chi connectivity index (χ1n) is 6.01. The number of imidazole rings is 1. The molecule has 3 rings (SSSR count). The quantitative estimate of drug-likeness (QED) is 0.733. The van der Waals surface area contributed by atoms with E-state index >= 15 is 0 Å². The maximum absolute atomic E-state index is 8.59. The van der Waals surface area contributed by atoms with Gasteiger partial charge in [-0.15, -0.1) is 11.3 Å². The van der Waals surface area contributed by atoms with Gasteiger partial charge in [-0.25, -0.2) is 9.97 Å². The molecule has 1 aromatic carbocycles. The number of hydrogen-bond acceptors (Lipinski definition) is 4. The third kappa shape index (κ3) is 2.23. The van der Waals surface area contributed by atoms with E-state index in [2.05, 4.69) is 34.2 Å². The summed E-state index contributed by atoms with van der Waals surface area (Å²) in [6, 6.07) is 8.32. The van der Waals surface area contributed by atoms with Crippen molar-refractivity contribution in [1.29, 1.82) is 5.26 Å². The van der Waals surface area contributed by atoms with Crippen molar-refractivity contribution in [2.24, 2.45) is 7.05 Å². The number of benzene rings is 1. The molecule has 2 heterocycles. The van der Waals surface area contributed by atoms with Crippen LogP contribution in [-0.4, -0.2) is 14.5 Å².